The number of anilines is 2. The van der Waals surface area contributed by atoms with E-state index in [2.05, 4.69) is 62.8 Å². The smallest absolute Gasteiger partial charge is 0.191 e. The van der Waals surface area contributed by atoms with Crippen LogP contribution >= 0.6 is 0 Å². The van der Waals surface area contributed by atoms with Crippen LogP contribution < -0.4 is 29.9 Å². The zero-order chi connectivity index (χ0) is 22.5. The van der Waals surface area contributed by atoms with Gasteiger partial charge in [-0.2, -0.15) is 0 Å². The van der Waals surface area contributed by atoms with Gasteiger partial charge in [0.2, 0.25) is 0 Å². The molecule has 1 unspecified atom stereocenters. The summed E-state index contributed by atoms with van der Waals surface area (Å²) in [5, 5.41) is 7.08. The summed E-state index contributed by atoms with van der Waals surface area (Å²) >= 11 is 0. The van der Waals surface area contributed by atoms with Crippen LogP contribution in [0.25, 0.3) is 0 Å². The van der Waals surface area contributed by atoms with Crippen molar-refractivity contribution in [3.8, 4) is 11.5 Å². The molecule has 2 heterocycles. The molecule has 1 atom stereocenters. The quantitative estimate of drug-likeness (QED) is 0.535. The van der Waals surface area contributed by atoms with E-state index in [1.165, 1.54) is 23.2 Å². The van der Waals surface area contributed by atoms with E-state index in [1.54, 1.807) is 14.2 Å². The molecule has 0 spiro atoms. The minimum atomic E-state index is 0.329. The van der Waals surface area contributed by atoms with Gasteiger partial charge in [0.25, 0.3) is 0 Å². The fourth-order valence-electron chi connectivity index (χ4n) is 4.61. The van der Waals surface area contributed by atoms with Gasteiger partial charge in [0.1, 0.15) is 11.5 Å². The molecule has 4 rings (SSSR count). The summed E-state index contributed by atoms with van der Waals surface area (Å²) < 4.78 is 10.9. The number of guanidine groups is 1. The SMILES string of the molecule is CN=C(NCc1ccc2c(c1)CCCN2C)NC1CCN(c2cc(OC)cc(OC)c2)C1. The summed E-state index contributed by atoms with van der Waals surface area (Å²) in [5.41, 5.74) is 5.22. The van der Waals surface area contributed by atoms with Crippen LogP contribution in [0, 0.1) is 0 Å². The molecule has 0 bridgehead atoms. The van der Waals surface area contributed by atoms with Crippen molar-refractivity contribution in [3.63, 3.8) is 0 Å². The highest BCUT2D eigenvalue weighted by Gasteiger charge is 2.24. The lowest BCUT2D eigenvalue weighted by Crippen LogP contribution is -2.44. The largest absolute Gasteiger partial charge is 0.497 e. The molecule has 2 aromatic rings. The van der Waals surface area contributed by atoms with Crippen molar-refractivity contribution < 1.29 is 9.47 Å². The topological polar surface area (TPSA) is 61.4 Å². The highest BCUT2D eigenvalue weighted by molar-refractivity contribution is 5.80. The number of fused-ring (bicyclic) bond motifs is 1. The van der Waals surface area contributed by atoms with Gasteiger partial charge in [-0.25, -0.2) is 0 Å². The van der Waals surface area contributed by atoms with E-state index >= 15 is 0 Å². The number of hydrogen-bond acceptors (Lipinski definition) is 5. The number of hydrogen-bond donors (Lipinski definition) is 2. The number of methoxy groups -OCH3 is 2. The Bertz CT molecular complexity index is 939. The van der Waals surface area contributed by atoms with Gasteiger partial charge in [0.05, 0.1) is 14.2 Å². The normalized spacial score (nSPS) is 18.4. The van der Waals surface area contributed by atoms with Gasteiger partial charge < -0.3 is 29.9 Å². The zero-order valence-corrected chi connectivity index (χ0v) is 19.6. The first kappa shape index (κ1) is 22.1. The number of nitrogens with one attached hydrogen (secondary N) is 2. The van der Waals surface area contributed by atoms with Gasteiger partial charge in [0, 0.05) is 75.9 Å². The lowest BCUT2D eigenvalue weighted by atomic mass is 9.99. The van der Waals surface area contributed by atoms with E-state index in [0.717, 1.165) is 62.2 Å². The average molecular weight is 438 g/mol. The molecule has 172 valence electrons. The monoisotopic (exact) mass is 437 g/mol. The number of aliphatic imine (C=N–C) groups is 1. The van der Waals surface area contributed by atoms with Crippen molar-refractivity contribution in [2.45, 2.75) is 31.8 Å². The maximum absolute atomic E-state index is 5.43. The Kier molecular flexibility index (Phi) is 6.93. The van der Waals surface area contributed by atoms with Gasteiger partial charge in [-0.15, -0.1) is 0 Å². The second-order valence-corrected chi connectivity index (χ2v) is 8.56. The maximum Gasteiger partial charge on any atom is 0.191 e. The van der Waals surface area contributed by atoms with E-state index in [-0.39, 0.29) is 0 Å². The molecule has 0 radical (unpaired) electrons. The number of nitrogens with zero attached hydrogens (tertiary/aromatic N) is 3. The van der Waals surface area contributed by atoms with Crippen LogP contribution in [0.5, 0.6) is 11.5 Å². The summed E-state index contributed by atoms with van der Waals surface area (Å²) in [6.45, 7) is 3.79. The van der Waals surface area contributed by atoms with Gasteiger partial charge in [0.15, 0.2) is 5.96 Å². The summed E-state index contributed by atoms with van der Waals surface area (Å²) in [6.07, 6.45) is 3.43. The van der Waals surface area contributed by atoms with Gasteiger partial charge in [-0.1, -0.05) is 12.1 Å². The zero-order valence-electron chi connectivity index (χ0n) is 19.6. The molecule has 2 N–H and O–H groups in total. The molecule has 2 aromatic carbocycles. The third-order valence-corrected chi connectivity index (χ3v) is 6.41. The van der Waals surface area contributed by atoms with E-state index in [1.807, 2.05) is 13.1 Å². The molecule has 1 saturated heterocycles. The van der Waals surface area contributed by atoms with E-state index in [4.69, 9.17) is 9.47 Å². The maximum atomic E-state index is 5.43. The second-order valence-electron chi connectivity index (χ2n) is 8.56. The number of aryl methyl sites for hydroxylation is 1. The second kappa shape index (κ2) is 10.0. The van der Waals surface area contributed by atoms with Crippen LogP contribution in [0.15, 0.2) is 41.4 Å². The van der Waals surface area contributed by atoms with Crippen LogP contribution in [0.3, 0.4) is 0 Å². The lowest BCUT2D eigenvalue weighted by Gasteiger charge is -2.28. The molecule has 7 nitrogen and oxygen atoms in total. The Hall–Kier alpha value is -3.09. The van der Waals surface area contributed by atoms with Gasteiger partial charge >= 0.3 is 0 Å². The standard InChI is InChI=1S/C25H35N5O2/c1-26-25(27-16-18-7-8-24-19(12-18)6-5-10-29(24)2)28-20-9-11-30(17-20)21-13-22(31-3)15-23(14-21)32-4/h7-8,12-15,20H,5-6,9-11,16-17H2,1-4H3,(H2,26,27,28). The predicted molar refractivity (Wildman–Crippen MR) is 132 cm³/mol. The Balaban J connectivity index is 1.33. The number of ether oxygens (including phenoxy) is 2. The van der Waals surface area contributed by atoms with Gasteiger partial charge in [-0.3, -0.25) is 4.99 Å². The summed E-state index contributed by atoms with van der Waals surface area (Å²) in [6, 6.07) is 13.2. The molecule has 32 heavy (non-hydrogen) atoms. The van der Waals surface area contributed by atoms with Crippen molar-refractivity contribution in [3.05, 3.63) is 47.5 Å². The summed E-state index contributed by atoms with van der Waals surface area (Å²) in [7, 11) is 7.37. The van der Waals surface area contributed by atoms with Crippen LogP contribution in [-0.4, -0.2) is 60.0 Å². The van der Waals surface area contributed by atoms with Crippen LogP contribution in [0.1, 0.15) is 24.0 Å². The van der Waals surface area contributed by atoms with Crippen molar-refractivity contribution in [1.82, 2.24) is 10.6 Å². The fraction of sp³-hybridized carbons (Fsp3) is 0.480. The predicted octanol–water partition coefficient (Wildman–Crippen LogP) is 3.03. The minimum absolute atomic E-state index is 0.329. The molecule has 2 aliphatic heterocycles. The molecular weight excluding hydrogens is 402 g/mol. The van der Waals surface area contributed by atoms with Crippen LogP contribution in [-0.2, 0) is 13.0 Å². The highest BCUT2D eigenvalue weighted by atomic mass is 16.5. The Labute approximate surface area is 191 Å². The third kappa shape index (κ3) is 5.03. The molecule has 0 aliphatic carbocycles. The summed E-state index contributed by atoms with van der Waals surface area (Å²) in [4.78, 5) is 9.15. The molecule has 0 saturated carbocycles. The molecule has 0 aromatic heterocycles. The van der Waals surface area contributed by atoms with Crippen LogP contribution in [0.4, 0.5) is 11.4 Å². The lowest BCUT2D eigenvalue weighted by molar-refractivity contribution is 0.394. The van der Waals surface area contributed by atoms with Crippen molar-refractivity contribution in [2.75, 3.05) is 57.7 Å². The van der Waals surface area contributed by atoms with Gasteiger partial charge in [-0.05, 0) is 36.5 Å². The average Bonchev–Trinajstić information content (AvgIpc) is 3.30. The van der Waals surface area contributed by atoms with Crippen molar-refractivity contribution >= 4 is 17.3 Å². The molecule has 2 aliphatic rings. The Morgan fingerprint density at radius 3 is 2.59 bits per heavy atom. The van der Waals surface area contributed by atoms with Crippen molar-refractivity contribution in [2.24, 2.45) is 4.99 Å². The highest BCUT2D eigenvalue weighted by Crippen LogP contribution is 2.30. The Morgan fingerprint density at radius 2 is 1.88 bits per heavy atom. The van der Waals surface area contributed by atoms with E-state index in [0.29, 0.717) is 6.04 Å². The minimum Gasteiger partial charge on any atom is -0.497 e. The number of rotatable bonds is 6. The first-order valence-electron chi connectivity index (χ1n) is 11.4. The fourth-order valence-corrected chi connectivity index (χ4v) is 4.61. The first-order valence-corrected chi connectivity index (χ1v) is 11.4. The Morgan fingerprint density at radius 1 is 1.09 bits per heavy atom. The molecule has 7 heteroatoms. The third-order valence-electron chi connectivity index (χ3n) is 6.41. The molecular formula is C25H35N5O2. The molecule has 0 amide bonds. The summed E-state index contributed by atoms with van der Waals surface area (Å²) in [5.74, 6) is 2.46. The van der Waals surface area contributed by atoms with E-state index in [9.17, 15) is 0 Å². The molecule has 1 fully saturated rings. The van der Waals surface area contributed by atoms with E-state index < -0.39 is 0 Å². The van der Waals surface area contributed by atoms with Crippen molar-refractivity contribution in [1.29, 1.82) is 0 Å². The number of benzene rings is 2. The first-order chi connectivity index (χ1) is 15.6. The van der Waals surface area contributed by atoms with Crippen LogP contribution in [0.2, 0.25) is 0 Å².